The zero-order chi connectivity index (χ0) is 15.5. The predicted molar refractivity (Wildman–Crippen MR) is 75.7 cm³/mol. The van der Waals surface area contributed by atoms with Gasteiger partial charge in [0.1, 0.15) is 6.33 Å². The Kier molecular flexibility index (Phi) is 7.99. The molecule has 0 aliphatic rings. The molecule has 1 N–H and O–H groups in total. The minimum absolute atomic E-state index is 0.0390. The van der Waals surface area contributed by atoms with E-state index >= 15 is 0 Å². The van der Waals surface area contributed by atoms with Crippen LogP contribution in [0.1, 0.15) is 13.3 Å². The number of nitrogens with one attached hydrogen (secondary N) is 1. The number of aromatic nitrogens is 2. The van der Waals surface area contributed by atoms with Crippen LogP contribution in [0, 0.1) is 10.1 Å². The summed E-state index contributed by atoms with van der Waals surface area (Å²) < 4.78 is 15.5. The summed E-state index contributed by atoms with van der Waals surface area (Å²) in [4.78, 5) is 18.2. The van der Waals surface area contributed by atoms with Crippen molar-refractivity contribution in [2.24, 2.45) is 0 Å². The van der Waals surface area contributed by atoms with Gasteiger partial charge in [0, 0.05) is 26.7 Å². The highest BCUT2D eigenvalue weighted by Crippen LogP contribution is 2.30. The van der Waals surface area contributed by atoms with Crippen LogP contribution < -0.4 is 10.1 Å². The fourth-order valence-corrected chi connectivity index (χ4v) is 1.50. The van der Waals surface area contributed by atoms with Crippen LogP contribution in [0.15, 0.2) is 6.33 Å². The van der Waals surface area contributed by atoms with Crippen LogP contribution in [0.3, 0.4) is 0 Å². The van der Waals surface area contributed by atoms with Gasteiger partial charge in [-0.2, -0.15) is 4.98 Å². The van der Waals surface area contributed by atoms with E-state index in [1.54, 1.807) is 7.11 Å². The molecule has 0 aliphatic heterocycles. The SMILES string of the molecule is CCNc1ncnc(OCCCOCCOC)c1[N+](=O)[O-]. The number of anilines is 1. The summed E-state index contributed by atoms with van der Waals surface area (Å²) in [7, 11) is 1.60. The average molecular weight is 300 g/mol. The van der Waals surface area contributed by atoms with E-state index in [0.717, 1.165) is 0 Å². The zero-order valence-electron chi connectivity index (χ0n) is 12.2. The topological polar surface area (TPSA) is 109 Å². The van der Waals surface area contributed by atoms with Gasteiger partial charge in [0.05, 0.1) is 24.7 Å². The Morgan fingerprint density at radius 1 is 1.29 bits per heavy atom. The zero-order valence-corrected chi connectivity index (χ0v) is 12.2. The van der Waals surface area contributed by atoms with Crippen molar-refractivity contribution in [2.75, 3.05) is 45.4 Å². The Hall–Kier alpha value is -2.00. The highest BCUT2D eigenvalue weighted by molar-refractivity contribution is 5.60. The van der Waals surface area contributed by atoms with Gasteiger partial charge in [-0.1, -0.05) is 0 Å². The molecule has 1 heterocycles. The molecule has 0 bridgehead atoms. The fourth-order valence-electron chi connectivity index (χ4n) is 1.50. The number of rotatable bonds is 11. The lowest BCUT2D eigenvalue weighted by Crippen LogP contribution is -2.10. The maximum atomic E-state index is 11.1. The molecule has 0 fully saturated rings. The summed E-state index contributed by atoms with van der Waals surface area (Å²) >= 11 is 0. The number of nitrogens with zero attached hydrogens (tertiary/aromatic N) is 3. The Balaban J connectivity index is 2.50. The number of hydrogen-bond donors (Lipinski definition) is 1. The Labute approximate surface area is 122 Å². The van der Waals surface area contributed by atoms with Gasteiger partial charge in [0.2, 0.25) is 5.82 Å². The van der Waals surface area contributed by atoms with Crippen molar-refractivity contribution in [3.63, 3.8) is 0 Å². The maximum Gasteiger partial charge on any atom is 0.372 e. The molecule has 0 saturated carbocycles. The van der Waals surface area contributed by atoms with Crippen LogP contribution in [0.4, 0.5) is 11.5 Å². The van der Waals surface area contributed by atoms with Crippen molar-refractivity contribution < 1.29 is 19.1 Å². The quantitative estimate of drug-likeness (QED) is 0.369. The van der Waals surface area contributed by atoms with Crippen LogP contribution in [-0.4, -0.2) is 55.0 Å². The first-order valence-corrected chi connectivity index (χ1v) is 6.63. The van der Waals surface area contributed by atoms with Crippen LogP contribution in [-0.2, 0) is 9.47 Å². The van der Waals surface area contributed by atoms with Crippen molar-refractivity contribution in [3.05, 3.63) is 16.4 Å². The minimum atomic E-state index is -0.553. The molecule has 9 heteroatoms. The first-order chi connectivity index (χ1) is 10.2. The van der Waals surface area contributed by atoms with E-state index in [9.17, 15) is 10.1 Å². The van der Waals surface area contributed by atoms with E-state index in [2.05, 4.69) is 15.3 Å². The van der Waals surface area contributed by atoms with Crippen molar-refractivity contribution in [1.82, 2.24) is 9.97 Å². The largest absolute Gasteiger partial charge is 0.473 e. The predicted octanol–water partition coefficient (Wildman–Crippen LogP) is 1.25. The molecule has 0 saturated heterocycles. The third-order valence-electron chi connectivity index (χ3n) is 2.42. The molecule has 9 nitrogen and oxygen atoms in total. The lowest BCUT2D eigenvalue weighted by atomic mass is 10.4. The van der Waals surface area contributed by atoms with Gasteiger partial charge in [0.25, 0.3) is 5.88 Å². The second-order valence-corrected chi connectivity index (χ2v) is 3.97. The van der Waals surface area contributed by atoms with Crippen molar-refractivity contribution >= 4 is 11.5 Å². The maximum absolute atomic E-state index is 11.1. The second-order valence-electron chi connectivity index (χ2n) is 3.97. The van der Waals surface area contributed by atoms with Gasteiger partial charge in [-0.05, 0) is 6.92 Å². The molecule has 1 aromatic rings. The van der Waals surface area contributed by atoms with Gasteiger partial charge in [0.15, 0.2) is 0 Å². The van der Waals surface area contributed by atoms with Crippen LogP contribution in [0.5, 0.6) is 5.88 Å². The molecule has 21 heavy (non-hydrogen) atoms. The Bertz CT molecular complexity index is 444. The van der Waals surface area contributed by atoms with Crippen molar-refractivity contribution in [2.45, 2.75) is 13.3 Å². The molecular weight excluding hydrogens is 280 g/mol. The summed E-state index contributed by atoms with van der Waals surface area (Å²) in [6.45, 7) is 4.14. The number of ether oxygens (including phenoxy) is 3. The molecule has 1 aromatic heterocycles. The molecule has 0 atom stereocenters. The van der Waals surface area contributed by atoms with Gasteiger partial charge in [-0.3, -0.25) is 10.1 Å². The Morgan fingerprint density at radius 2 is 2.10 bits per heavy atom. The van der Waals surface area contributed by atoms with E-state index in [0.29, 0.717) is 32.8 Å². The monoisotopic (exact) mass is 300 g/mol. The van der Waals surface area contributed by atoms with Crippen molar-refractivity contribution in [1.29, 1.82) is 0 Å². The standard InChI is InChI=1S/C12H20N4O5/c1-3-13-11-10(16(17)18)12(15-9-14-11)21-6-4-5-20-8-7-19-2/h9H,3-8H2,1-2H3,(H,13,14,15). The van der Waals surface area contributed by atoms with Crippen LogP contribution in [0.2, 0.25) is 0 Å². The number of hydrogen-bond acceptors (Lipinski definition) is 8. The summed E-state index contributed by atoms with van der Waals surface area (Å²) in [6, 6.07) is 0. The van der Waals surface area contributed by atoms with E-state index in [4.69, 9.17) is 14.2 Å². The fraction of sp³-hybridized carbons (Fsp3) is 0.667. The molecule has 0 spiro atoms. The van der Waals surface area contributed by atoms with Crippen LogP contribution in [0.25, 0.3) is 0 Å². The van der Waals surface area contributed by atoms with Gasteiger partial charge in [-0.25, -0.2) is 4.98 Å². The highest BCUT2D eigenvalue weighted by atomic mass is 16.6. The lowest BCUT2D eigenvalue weighted by molar-refractivity contribution is -0.385. The molecule has 0 radical (unpaired) electrons. The van der Waals surface area contributed by atoms with Gasteiger partial charge in [-0.15, -0.1) is 0 Å². The first-order valence-electron chi connectivity index (χ1n) is 6.63. The molecular formula is C12H20N4O5. The van der Waals surface area contributed by atoms with E-state index < -0.39 is 4.92 Å². The third-order valence-corrected chi connectivity index (χ3v) is 2.42. The smallest absolute Gasteiger partial charge is 0.372 e. The number of nitro groups is 1. The molecule has 0 aliphatic carbocycles. The second kappa shape index (κ2) is 9.83. The normalized spacial score (nSPS) is 10.4. The van der Waals surface area contributed by atoms with E-state index in [-0.39, 0.29) is 24.0 Å². The molecule has 0 aromatic carbocycles. The molecule has 1 rings (SSSR count). The van der Waals surface area contributed by atoms with Crippen molar-refractivity contribution in [3.8, 4) is 5.88 Å². The molecule has 0 unspecified atom stereocenters. The summed E-state index contributed by atoms with van der Waals surface area (Å²) in [6.07, 6.45) is 1.83. The highest BCUT2D eigenvalue weighted by Gasteiger charge is 2.23. The summed E-state index contributed by atoms with van der Waals surface area (Å²) in [5, 5.41) is 13.9. The summed E-state index contributed by atoms with van der Waals surface area (Å²) in [5.74, 6) is 0.117. The van der Waals surface area contributed by atoms with E-state index in [1.165, 1.54) is 6.33 Å². The van der Waals surface area contributed by atoms with Gasteiger partial charge >= 0.3 is 5.69 Å². The minimum Gasteiger partial charge on any atom is -0.473 e. The lowest BCUT2D eigenvalue weighted by Gasteiger charge is -2.08. The van der Waals surface area contributed by atoms with Gasteiger partial charge < -0.3 is 19.5 Å². The summed E-state index contributed by atoms with van der Waals surface area (Å²) in [5.41, 5.74) is -0.250. The Morgan fingerprint density at radius 3 is 2.76 bits per heavy atom. The molecule has 118 valence electrons. The van der Waals surface area contributed by atoms with E-state index in [1.807, 2.05) is 6.92 Å². The number of methoxy groups -OCH3 is 1. The molecule has 0 amide bonds. The third kappa shape index (κ3) is 5.88. The first kappa shape index (κ1) is 17.1. The van der Waals surface area contributed by atoms with Crippen LogP contribution >= 0.6 is 0 Å². The average Bonchev–Trinajstić information content (AvgIpc) is 2.46.